The normalized spacial score (nSPS) is 12.0. The second-order valence-corrected chi connectivity index (χ2v) is 3.57. The maximum absolute atomic E-state index is 13.5. The lowest BCUT2D eigenvalue weighted by Crippen LogP contribution is -2.15. The summed E-state index contributed by atoms with van der Waals surface area (Å²) >= 11 is 0. The van der Waals surface area contributed by atoms with Crippen LogP contribution in [0.25, 0.3) is 0 Å². The fraction of sp³-hybridized carbons (Fsp3) is 0.417. The first-order valence-corrected chi connectivity index (χ1v) is 5.26. The lowest BCUT2D eigenvalue weighted by Gasteiger charge is -2.11. The number of hydrogen-bond donors (Lipinski definition) is 1. The first-order chi connectivity index (χ1) is 7.58. The zero-order valence-corrected chi connectivity index (χ0v) is 9.71. The van der Waals surface area contributed by atoms with E-state index in [0.717, 1.165) is 0 Å². The summed E-state index contributed by atoms with van der Waals surface area (Å²) < 4.78 is 18.5. The highest BCUT2D eigenvalue weighted by atomic mass is 19.1. The number of halogens is 1. The third-order valence-corrected chi connectivity index (χ3v) is 2.36. The highest BCUT2D eigenvalue weighted by Gasteiger charge is 2.15. The summed E-state index contributed by atoms with van der Waals surface area (Å²) in [6, 6.07) is 4.33. The van der Waals surface area contributed by atoms with E-state index in [1.54, 1.807) is 20.0 Å². The van der Waals surface area contributed by atoms with Gasteiger partial charge in [0.1, 0.15) is 5.82 Å². The Morgan fingerprint density at radius 2 is 2.25 bits per heavy atom. The van der Waals surface area contributed by atoms with Gasteiger partial charge in [-0.1, -0.05) is 6.92 Å². The Morgan fingerprint density at radius 3 is 2.75 bits per heavy atom. The van der Waals surface area contributed by atoms with E-state index in [4.69, 9.17) is 4.74 Å². The Labute approximate surface area is 94.6 Å². The number of esters is 1. The van der Waals surface area contributed by atoms with E-state index in [1.165, 1.54) is 12.1 Å². The van der Waals surface area contributed by atoms with Crippen LogP contribution < -0.4 is 5.32 Å². The van der Waals surface area contributed by atoms with Crippen LogP contribution in [0.1, 0.15) is 30.6 Å². The zero-order chi connectivity index (χ0) is 12.1. The highest BCUT2D eigenvalue weighted by molar-refractivity contribution is 5.90. The van der Waals surface area contributed by atoms with Crippen molar-refractivity contribution >= 4 is 11.7 Å². The number of benzene rings is 1. The van der Waals surface area contributed by atoms with Crippen LogP contribution >= 0.6 is 0 Å². The molecule has 1 aromatic carbocycles. The Kier molecular flexibility index (Phi) is 4.28. The molecule has 4 heteroatoms. The number of hydrogen-bond acceptors (Lipinski definition) is 3. The van der Waals surface area contributed by atoms with Crippen molar-refractivity contribution in [2.24, 2.45) is 0 Å². The third-order valence-electron chi connectivity index (χ3n) is 2.36. The molecule has 1 atom stereocenters. The monoisotopic (exact) mass is 225 g/mol. The smallest absolute Gasteiger partial charge is 0.341 e. The summed E-state index contributed by atoms with van der Waals surface area (Å²) in [6.07, 6.45) is 0.512. The van der Waals surface area contributed by atoms with E-state index in [-0.39, 0.29) is 11.7 Å². The van der Waals surface area contributed by atoms with Crippen LogP contribution in [0.4, 0.5) is 10.1 Å². The van der Waals surface area contributed by atoms with Gasteiger partial charge < -0.3 is 10.1 Å². The van der Waals surface area contributed by atoms with Gasteiger partial charge in [-0.3, -0.25) is 0 Å². The van der Waals surface area contributed by atoms with Crippen LogP contribution in [0, 0.1) is 5.82 Å². The molecule has 0 amide bonds. The summed E-state index contributed by atoms with van der Waals surface area (Å²) in [5.41, 5.74) is 0.594. The van der Waals surface area contributed by atoms with Crippen molar-refractivity contribution in [2.75, 3.05) is 12.4 Å². The maximum Gasteiger partial charge on any atom is 0.341 e. The Balaban J connectivity index is 2.84. The largest absolute Gasteiger partial charge is 0.459 e. The van der Waals surface area contributed by atoms with E-state index in [0.29, 0.717) is 12.1 Å². The number of anilines is 1. The minimum absolute atomic E-state index is 0.0284. The lowest BCUT2D eigenvalue weighted by molar-refractivity contribution is 0.0329. The molecular formula is C12H16FNO2. The van der Waals surface area contributed by atoms with Gasteiger partial charge in [0.05, 0.1) is 11.7 Å². The fourth-order valence-corrected chi connectivity index (χ4v) is 1.17. The molecule has 0 aliphatic heterocycles. The zero-order valence-electron chi connectivity index (χ0n) is 9.71. The Morgan fingerprint density at radius 1 is 1.56 bits per heavy atom. The van der Waals surface area contributed by atoms with Crippen molar-refractivity contribution in [3.05, 3.63) is 29.6 Å². The third kappa shape index (κ3) is 2.95. The average molecular weight is 225 g/mol. The van der Waals surface area contributed by atoms with Gasteiger partial charge >= 0.3 is 5.97 Å². The predicted octanol–water partition coefficient (Wildman–Crippen LogP) is 2.82. The van der Waals surface area contributed by atoms with Crippen molar-refractivity contribution in [3.63, 3.8) is 0 Å². The van der Waals surface area contributed by atoms with Crippen LogP contribution in [0.15, 0.2) is 18.2 Å². The van der Waals surface area contributed by atoms with Crippen molar-refractivity contribution in [2.45, 2.75) is 26.4 Å². The number of carbonyl (C=O) groups is 1. The van der Waals surface area contributed by atoms with Crippen molar-refractivity contribution in [3.8, 4) is 0 Å². The second-order valence-electron chi connectivity index (χ2n) is 3.57. The van der Waals surface area contributed by atoms with Crippen molar-refractivity contribution < 1.29 is 13.9 Å². The highest BCUT2D eigenvalue weighted by Crippen LogP contribution is 2.15. The quantitative estimate of drug-likeness (QED) is 0.801. The topological polar surface area (TPSA) is 38.3 Å². The summed E-state index contributed by atoms with van der Waals surface area (Å²) in [5, 5.41) is 2.79. The maximum atomic E-state index is 13.5. The molecule has 3 nitrogen and oxygen atoms in total. The van der Waals surface area contributed by atoms with E-state index >= 15 is 0 Å². The Hall–Kier alpha value is -1.58. The molecule has 16 heavy (non-hydrogen) atoms. The summed E-state index contributed by atoms with van der Waals surface area (Å²) in [7, 11) is 1.69. The van der Waals surface area contributed by atoms with Gasteiger partial charge in [0, 0.05) is 12.7 Å². The summed E-state index contributed by atoms with van der Waals surface area (Å²) in [4.78, 5) is 11.6. The first kappa shape index (κ1) is 12.5. The molecule has 0 bridgehead atoms. The van der Waals surface area contributed by atoms with Gasteiger partial charge in [-0.25, -0.2) is 9.18 Å². The minimum atomic E-state index is -0.616. The van der Waals surface area contributed by atoms with Crippen LogP contribution in [0.2, 0.25) is 0 Å². The van der Waals surface area contributed by atoms with Crippen LogP contribution in [-0.4, -0.2) is 19.1 Å². The first-order valence-electron chi connectivity index (χ1n) is 5.26. The summed E-state index contributed by atoms with van der Waals surface area (Å²) in [6.45, 7) is 3.68. The molecule has 1 N–H and O–H groups in total. The number of nitrogens with one attached hydrogen (secondary N) is 1. The minimum Gasteiger partial charge on any atom is -0.459 e. The second kappa shape index (κ2) is 5.49. The van der Waals surface area contributed by atoms with Crippen LogP contribution in [-0.2, 0) is 4.74 Å². The van der Waals surface area contributed by atoms with Crippen LogP contribution in [0.5, 0.6) is 0 Å². The molecule has 88 valence electrons. The molecule has 0 saturated carbocycles. The van der Waals surface area contributed by atoms with Gasteiger partial charge in [0.2, 0.25) is 0 Å². The fourth-order valence-electron chi connectivity index (χ4n) is 1.17. The van der Waals surface area contributed by atoms with E-state index in [9.17, 15) is 9.18 Å². The van der Waals surface area contributed by atoms with Gasteiger partial charge in [-0.15, -0.1) is 0 Å². The van der Waals surface area contributed by atoms with Gasteiger partial charge in [-0.05, 0) is 31.5 Å². The number of ether oxygens (including phenoxy) is 1. The SMILES string of the molecule is CCC(C)OC(=O)c1ccc(NC)cc1F. The van der Waals surface area contributed by atoms with E-state index < -0.39 is 11.8 Å². The van der Waals surface area contributed by atoms with Gasteiger partial charge in [0.15, 0.2) is 0 Å². The molecule has 1 unspecified atom stereocenters. The molecule has 0 aliphatic rings. The standard InChI is InChI=1S/C12H16FNO2/c1-4-8(2)16-12(15)10-6-5-9(14-3)7-11(10)13/h5-8,14H,4H2,1-3H3. The van der Waals surface area contributed by atoms with E-state index in [2.05, 4.69) is 5.32 Å². The van der Waals surface area contributed by atoms with Crippen molar-refractivity contribution in [1.29, 1.82) is 0 Å². The van der Waals surface area contributed by atoms with Crippen molar-refractivity contribution in [1.82, 2.24) is 0 Å². The molecule has 0 saturated heterocycles. The lowest BCUT2D eigenvalue weighted by atomic mass is 10.2. The molecule has 1 aromatic rings. The molecular weight excluding hydrogens is 209 g/mol. The Bertz CT molecular complexity index is 379. The average Bonchev–Trinajstić information content (AvgIpc) is 2.28. The molecule has 1 rings (SSSR count). The van der Waals surface area contributed by atoms with E-state index in [1.807, 2.05) is 6.92 Å². The van der Waals surface area contributed by atoms with Gasteiger partial charge in [-0.2, -0.15) is 0 Å². The molecule has 0 heterocycles. The molecule has 0 aliphatic carbocycles. The molecule has 0 spiro atoms. The summed E-state index contributed by atoms with van der Waals surface area (Å²) in [5.74, 6) is -1.19. The number of carbonyl (C=O) groups excluding carboxylic acids is 1. The molecule has 0 radical (unpaired) electrons. The predicted molar refractivity (Wildman–Crippen MR) is 61.1 cm³/mol. The molecule has 0 fully saturated rings. The van der Waals surface area contributed by atoms with Gasteiger partial charge in [0.25, 0.3) is 0 Å². The molecule has 0 aromatic heterocycles. The van der Waals surface area contributed by atoms with Crippen LogP contribution in [0.3, 0.4) is 0 Å². The number of rotatable bonds is 4.